The number of para-hydroxylation sites is 1. The van der Waals surface area contributed by atoms with E-state index >= 15 is 0 Å². The van der Waals surface area contributed by atoms with Gasteiger partial charge < -0.3 is 4.18 Å². The number of hydrogen-bond donors (Lipinski definition) is 0. The van der Waals surface area contributed by atoms with Crippen molar-refractivity contribution >= 4 is 50.4 Å². The molecule has 0 bridgehead atoms. The first kappa shape index (κ1) is 22.3. The fourth-order valence-corrected chi connectivity index (χ4v) is 5.29. The molecule has 0 spiro atoms. The Labute approximate surface area is 196 Å². The third kappa shape index (κ3) is 4.93. The average molecular weight is 482 g/mol. The van der Waals surface area contributed by atoms with Crippen LogP contribution >= 0.6 is 24.0 Å². The van der Waals surface area contributed by atoms with Crippen molar-refractivity contribution in [3.05, 3.63) is 100 Å². The van der Waals surface area contributed by atoms with Gasteiger partial charge in [0.25, 0.3) is 5.91 Å². The van der Waals surface area contributed by atoms with Gasteiger partial charge in [-0.05, 0) is 36.8 Å². The lowest BCUT2D eigenvalue weighted by Gasteiger charge is -2.14. The Balaban J connectivity index is 1.59. The molecule has 0 aromatic heterocycles. The molecule has 1 aliphatic rings. The molecule has 1 fully saturated rings. The summed E-state index contributed by atoms with van der Waals surface area (Å²) in [7, 11) is -4.02. The standard InChI is InChI=1S/C24H19NO4S3/c1-17-11-13-20(14-12-17)32(27,28)29-21-10-6-5-9-19(21)15-22-23(26)25(24(30)31-22)16-18-7-3-2-4-8-18/h2-15H,16H2,1H3/b22-15+. The lowest BCUT2D eigenvalue weighted by Crippen LogP contribution is -2.27. The van der Waals surface area contributed by atoms with E-state index in [1.54, 1.807) is 42.5 Å². The molecule has 1 aliphatic heterocycles. The highest BCUT2D eigenvalue weighted by Crippen LogP contribution is 2.35. The average Bonchev–Trinajstić information content (AvgIpc) is 3.03. The number of hydrogen-bond acceptors (Lipinski definition) is 6. The number of aryl methyl sites for hydroxylation is 1. The molecular weight excluding hydrogens is 462 g/mol. The molecule has 1 saturated heterocycles. The van der Waals surface area contributed by atoms with Gasteiger partial charge in [0, 0.05) is 5.56 Å². The second-order valence-corrected chi connectivity index (χ2v) is 10.4. The number of rotatable bonds is 6. The summed E-state index contributed by atoms with van der Waals surface area (Å²) in [6.07, 6.45) is 1.62. The Morgan fingerprint density at radius 3 is 2.34 bits per heavy atom. The maximum atomic E-state index is 13.0. The summed E-state index contributed by atoms with van der Waals surface area (Å²) in [6, 6.07) is 22.7. The van der Waals surface area contributed by atoms with Crippen LogP contribution < -0.4 is 4.18 Å². The van der Waals surface area contributed by atoms with Crippen molar-refractivity contribution in [1.29, 1.82) is 0 Å². The molecule has 0 unspecified atom stereocenters. The Hall–Kier alpha value is -2.94. The molecule has 0 saturated carbocycles. The van der Waals surface area contributed by atoms with E-state index < -0.39 is 10.1 Å². The van der Waals surface area contributed by atoms with Gasteiger partial charge in [0.15, 0.2) is 0 Å². The number of nitrogens with zero attached hydrogens (tertiary/aromatic N) is 1. The van der Waals surface area contributed by atoms with Crippen molar-refractivity contribution < 1.29 is 17.4 Å². The molecule has 3 aromatic carbocycles. The van der Waals surface area contributed by atoms with Crippen LogP contribution in [0.3, 0.4) is 0 Å². The van der Waals surface area contributed by atoms with E-state index in [1.165, 1.54) is 28.8 Å². The topological polar surface area (TPSA) is 63.7 Å². The Bertz CT molecular complexity index is 1300. The summed E-state index contributed by atoms with van der Waals surface area (Å²) in [6.45, 7) is 2.25. The SMILES string of the molecule is Cc1ccc(S(=O)(=O)Oc2ccccc2/C=C2/SC(=S)N(Cc3ccccc3)C2=O)cc1. The highest BCUT2D eigenvalue weighted by atomic mass is 32.2. The molecule has 162 valence electrons. The molecule has 0 radical (unpaired) electrons. The summed E-state index contributed by atoms with van der Waals surface area (Å²) in [5.41, 5.74) is 2.39. The van der Waals surface area contributed by atoms with E-state index in [1.807, 2.05) is 37.3 Å². The third-order valence-corrected chi connectivity index (χ3v) is 7.40. The van der Waals surface area contributed by atoms with Gasteiger partial charge in [-0.1, -0.05) is 90.2 Å². The van der Waals surface area contributed by atoms with E-state index in [2.05, 4.69) is 0 Å². The fraction of sp³-hybridized carbons (Fsp3) is 0.0833. The van der Waals surface area contributed by atoms with Crippen molar-refractivity contribution in [3.63, 3.8) is 0 Å². The lowest BCUT2D eigenvalue weighted by molar-refractivity contribution is -0.122. The number of amides is 1. The maximum Gasteiger partial charge on any atom is 0.339 e. The highest BCUT2D eigenvalue weighted by molar-refractivity contribution is 8.26. The maximum absolute atomic E-state index is 13.0. The Morgan fingerprint density at radius 2 is 1.62 bits per heavy atom. The first-order chi connectivity index (χ1) is 15.3. The number of thiocarbonyl (C=S) groups is 1. The normalized spacial score (nSPS) is 15.4. The van der Waals surface area contributed by atoms with E-state index in [-0.39, 0.29) is 16.6 Å². The van der Waals surface area contributed by atoms with Gasteiger partial charge in [0.1, 0.15) is 15.0 Å². The smallest absolute Gasteiger partial charge is 0.339 e. The zero-order valence-electron chi connectivity index (χ0n) is 17.1. The zero-order chi connectivity index (χ0) is 22.7. The summed E-state index contributed by atoms with van der Waals surface area (Å²) in [4.78, 5) is 15.0. The van der Waals surface area contributed by atoms with Crippen molar-refractivity contribution in [1.82, 2.24) is 4.90 Å². The second-order valence-electron chi connectivity index (χ2n) is 7.14. The molecule has 5 nitrogen and oxygen atoms in total. The number of thioether (sulfide) groups is 1. The summed E-state index contributed by atoms with van der Waals surface area (Å²) in [5.74, 6) is -0.0820. The lowest BCUT2D eigenvalue weighted by atomic mass is 10.2. The van der Waals surface area contributed by atoms with Crippen molar-refractivity contribution in [2.75, 3.05) is 0 Å². The number of carbonyl (C=O) groups is 1. The first-order valence-electron chi connectivity index (χ1n) is 9.73. The molecule has 0 N–H and O–H groups in total. The van der Waals surface area contributed by atoms with Gasteiger partial charge in [-0.2, -0.15) is 8.42 Å². The zero-order valence-corrected chi connectivity index (χ0v) is 19.5. The van der Waals surface area contributed by atoms with Crippen LogP contribution in [0, 0.1) is 6.92 Å². The van der Waals surface area contributed by atoms with Gasteiger partial charge in [0.2, 0.25) is 0 Å². The largest absolute Gasteiger partial charge is 0.378 e. The van der Waals surface area contributed by atoms with E-state index in [0.717, 1.165) is 11.1 Å². The minimum atomic E-state index is -4.02. The quantitative estimate of drug-likeness (QED) is 0.275. The molecule has 3 aromatic rings. The molecule has 1 amide bonds. The van der Waals surface area contributed by atoms with Crippen LogP contribution in [0.4, 0.5) is 0 Å². The van der Waals surface area contributed by atoms with Crippen molar-refractivity contribution in [3.8, 4) is 5.75 Å². The van der Waals surface area contributed by atoms with Crippen LogP contribution in [-0.2, 0) is 21.5 Å². The van der Waals surface area contributed by atoms with Gasteiger partial charge in [-0.25, -0.2) is 0 Å². The van der Waals surface area contributed by atoms with Crippen molar-refractivity contribution in [2.24, 2.45) is 0 Å². The van der Waals surface area contributed by atoms with Crippen LogP contribution in [0.25, 0.3) is 6.08 Å². The molecule has 0 aliphatic carbocycles. The minimum absolute atomic E-state index is 0.0621. The number of carbonyl (C=O) groups excluding carboxylic acids is 1. The predicted octanol–water partition coefficient (Wildman–Crippen LogP) is 5.16. The van der Waals surface area contributed by atoms with Gasteiger partial charge in [0.05, 0.1) is 11.4 Å². The van der Waals surface area contributed by atoms with E-state index in [4.69, 9.17) is 16.4 Å². The summed E-state index contributed by atoms with van der Waals surface area (Å²) >= 11 is 6.59. The molecule has 1 heterocycles. The van der Waals surface area contributed by atoms with Crippen LogP contribution in [0.1, 0.15) is 16.7 Å². The Kier molecular flexibility index (Phi) is 6.45. The predicted molar refractivity (Wildman–Crippen MR) is 131 cm³/mol. The molecule has 8 heteroatoms. The molecule has 0 atom stereocenters. The molecular formula is C24H19NO4S3. The summed E-state index contributed by atoms with van der Waals surface area (Å²) < 4.78 is 31.3. The molecule has 32 heavy (non-hydrogen) atoms. The van der Waals surface area contributed by atoms with Crippen LogP contribution in [0.15, 0.2) is 88.7 Å². The summed E-state index contributed by atoms with van der Waals surface area (Å²) in [5, 5.41) is 0. The van der Waals surface area contributed by atoms with Crippen LogP contribution in [0.2, 0.25) is 0 Å². The highest BCUT2D eigenvalue weighted by Gasteiger charge is 2.32. The van der Waals surface area contributed by atoms with Crippen LogP contribution in [0.5, 0.6) is 5.75 Å². The van der Waals surface area contributed by atoms with Gasteiger partial charge in [-0.15, -0.1) is 0 Å². The minimum Gasteiger partial charge on any atom is -0.378 e. The van der Waals surface area contributed by atoms with E-state index in [0.29, 0.717) is 21.3 Å². The van der Waals surface area contributed by atoms with Crippen molar-refractivity contribution in [2.45, 2.75) is 18.4 Å². The monoisotopic (exact) mass is 481 g/mol. The van der Waals surface area contributed by atoms with Crippen LogP contribution in [-0.4, -0.2) is 23.5 Å². The molecule has 4 rings (SSSR count). The Morgan fingerprint density at radius 1 is 0.969 bits per heavy atom. The number of benzene rings is 3. The first-order valence-corrected chi connectivity index (χ1v) is 12.4. The van der Waals surface area contributed by atoms with Gasteiger partial charge in [-0.3, -0.25) is 9.69 Å². The van der Waals surface area contributed by atoms with E-state index in [9.17, 15) is 13.2 Å². The fourth-order valence-electron chi connectivity index (χ4n) is 3.09. The second kappa shape index (κ2) is 9.28. The van der Waals surface area contributed by atoms with Gasteiger partial charge >= 0.3 is 10.1 Å². The third-order valence-electron chi connectivity index (χ3n) is 4.77.